The predicted molar refractivity (Wildman–Crippen MR) is 151 cm³/mol. The summed E-state index contributed by atoms with van der Waals surface area (Å²) < 4.78 is 6.40. The minimum absolute atomic E-state index is 0.0381. The molecule has 0 aromatic heterocycles. The third-order valence-electron chi connectivity index (χ3n) is 10.2. The molecule has 2 saturated heterocycles. The van der Waals surface area contributed by atoms with E-state index in [-0.39, 0.29) is 17.2 Å². The van der Waals surface area contributed by atoms with Crippen LogP contribution in [0.1, 0.15) is 84.3 Å². The summed E-state index contributed by atoms with van der Waals surface area (Å²) in [4.78, 5) is 30.3. The van der Waals surface area contributed by atoms with Crippen molar-refractivity contribution in [1.82, 2.24) is 15.1 Å². The van der Waals surface area contributed by atoms with Gasteiger partial charge in [-0.25, -0.2) is 0 Å². The van der Waals surface area contributed by atoms with E-state index in [1.54, 1.807) is 4.90 Å². The van der Waals surface area contributed by atoms with E-state index in [9.17, 15) is 9.59 Å². The van der Waals surface area contributed by atoms with E-state index in [4.69, 9.17) is 4.74 Å². The normalized spacial score (nSPS) is 28.3. The van der Waals surface area contributed by atoms with Crippen LogP contribution < -0.4 is 10.1 Å². The average molecular weight is 526 g/mol. The number of carbonyl (C=O) groups is 2. The summed E-state index contributed by atoms with van der Waals surface area (Å²) in [5.41, 5.74) is 5.24. The van der Waals surface area contributed by atoms with Crippen LogP contribution >= 0.6 is 0 Å². The molecule has 39 heavy (non-hydrogen) atoms. The summed E-state index contributed by atoms with van der Waals surface area (Å²) in [7, 11) is 0. The number of nitrogens with zero attached hydrogens (tertiary/aromatic N) is 2. The Morgan fingerprint density at radius 2 is 1.85 bits per heavy atom. The molecule has 1 aliphatic carbocycles. The van der Waals surface area contributed by atoms with Gasteiger partial charge < -0.3 is 19.9 Å². The van der Waals surface area contributed by atoms with Crippen molar-refractivity contribution in [2.24, 2.45) is 5.92 Å². The third-order valence-corrected chi connectivity index (χ3v) is 10.2. The second-order valence-corrected chi connectivity index (χ2v) is 12.6. The van der Waals surface area contributed by atoms with Crippen LogP contribution in [0.2, 0.25) is 0 Å². The van der Waals surface area contributed by atoms with Crippen molar-refractivity contribution >= 4 is 11.8 Å². The molecule has 0 bridgehead atoms. The summed E-state index contributed by atoms with van der Waals surface area (Å²) in [6.45, 7) is 8.43. The SMILES string of the molecule is C=C1CCC(N2Cc3c(ccc4c3OCC43CCN(CC4CCCC(c5ccccc5)C4)CC3)C2=O)C(=O)N1. The van der Waals surface area contributed by atoms with E-state index < -0.39 is 6.04 Å². The van der Waals surface area contributed by atoms with Crippen molar-refractivity contribution in [3.8, 4) is 5.75 Å². The maximum absolute atomic E-state index is 13.3. The van der Waals surface area contributed by atoms with Crippen molar-refractivity contribution in [2.45, 2.75) is 75.3 Å². The van der Waals surface area contributed by atoms with Gasteiger partial charge in [0.25, 0.3) is 5.91 Å². The van der Waals surface area contributed by atoms with Crippen LogP contribution in [-0.4, -0.2) is 53.9 Å². The molecule has 1 saturated carbocycles. The quantitative estimate of drug-likeness (QED) is 0.601. The van der Waals surface area contributed by atoms with E-state index in [1.807, 2.05) is 6.07 Å². The number of piperidine rings is 2. The van der Waals surface area contributed by atoms with E-state index in [2.05, 4.69) is 53.2 Å². The third kappa shape index (κ3) is 4.37. The first-order valence-corrected chi connectivity index (χ1v) is 14.9. The summed E-state index contributed by atoms with van der Waals surface area (Å²) in [6, 6.07) is 14.8. The second kappa shape index (κ2) is 9.81. The highest BCUT2D eigenvalue weighted by Crippen LogP contribution is 2.50. The molecule has 4 aliphatic heterocycles. The topological polar surface area (TPSA) is 61.9 Å². The monoisotopic (exact) mass is 525 g/mol. The Kier molecular flexibility index (Phi) is 6.26. The molecule has 3 atom stereocenters. The molecule has 2 aromatic carbocycles. The summed E-state index contributed by atoms with van der Waals surface area (Å²) >= 11 is 0. The molecule has 0 radical (unpaired) electrons. The number of carbonyl (C=O) groups excluding carboxylic acids is 2. The van der Waals surface area contributed by atoms with Gasteiger partial charge in [0.15, 0.2) is 0 Å². The number of amides is 2. The van der Waals surface area contributed by atoms with Gasteiger partial charge in [-0.1, -0.05) is 49.4 Å². The maximum atomic E-state index is 13.3. The molecule has 3 fully saturated rings. The second-order valence-electron chi connectivity index (χ2n) is 12.6. The van der Waals surface area contributed by atoms with Crippen molar-refractivity contribution in [2.75, 3.05) is 26.2 Å². The number of fused-ring (bicyclic) bond motifs is 4. The summed E-state index contributed by atoms with van der Waals surface area (Å²) in [5.74, 6) is 2.22. The number of hydrogen-bond donors (Lipinski definition) is 1. The zero-order valence-corrected chi connectivity index (χ0v) is 22.8. The Balaban J connectivity index is 1.01. The first-order chi connectivity index (χ1) is 19.0. The first kappa shape index (κ1) is 24.9. The average Bonchev–Trinajstić information content (AvgIpc) is 3.48. The lowest BCUT2D eigenvalue weighted by Gasteiger charge is -2.41. The number of rotatable bonds is 4. The lowest BCUT2D eigenvalue weighted by atomic mass is 9.73. The standard InChI is InChI=1S/C33H39N3O3/c1-22-10-13-29(31(37)34-22)36-20-27-26(32(36)38)11-12-28-30(27)39-21-33(28)14-16-35(17-15-33)19-23-6-5-9-25(18-23)24-7-3-2-4-8-24/h2-4,7-8,11-12,23,25,29H,1,5-6,9-10,13-21H2,(H,34,37). The molecule has 1 spiro atoms. The number of ether oxygens (including phenoxy) is 1. The number of nitrogens with one attached hydrogen (secondary N) is 1. The van der Waals surface area contributed by atoms with Crippen molar-refractivity contribution in [3.05, 3.63) is 77.0 Å². The minimum Gasteiger partial charge on any atom is -0.492 e. The first-order valence-electron chi connectivity index (χ1n) is 14.9. The molecule has 2 aromatic rings. The van der Waals surface area contributed by atoms with Crippen LogP contribution in [0.25, 0.3) is 0 Å². The van der Waals surface area contributed by atoms with Crippen LogP contribution in [0.3, 0.4) is 0 Å². The van der Waals surface area contributed by atoms with Crippen LogP contribution in [-0.2, 0) is 16.8 Å². The highest BCUT2D eigenvalue weighted by atomic mass is 16.5. The van der Waals surface area contributed by atoms with Gasteiger partial charge in [-0.3, -0.25) is 9.59 Å². The van der Waals surface area contributed by atoms with Crippen LogP contribution in [0.15, 0.2) is 54.7 Å². The van der Waals surface area contributed by atoms with Gasteiger partial charge >= 0.3 is 0 Å². The molecule has 2 amide bonds. The Morgan fingerprint density at radius 1 is 1.03 bits per heavy atom. The number of benzene rings is 2. The van der Waals surface area contributed by atoms with Crippen LogP contribution in [0, 0.1) is 5.92 Å². The zero-order chi connectivity index (χ0) is 26.6. The zero-order valence-electron chi connectivity index (χ0n) is 22.8. The van der Waals surface area contributed by atoms with Crippen molar-refractivity contribution in [1.29, 1.82) is 0 Å². The molecule has 3 unspecified atom stereocenters. The number of allylic oxidation sites excluding steroid dienone is 1. The Hall–Kier alpha value is -3.12. The summed E-state index contributed by atoms with van der Waals surface area (Å²) in [6.07, 6.45) is 8.84. The van der Waals surface area contributed by atoms with Gasteiger partial charge in [0, 0.05) is 34.3 Å². The molecule has 1 N–H and O–H groups in total. The summed E-state index contributed by atoms with van der Waals surface area (Å²) in [5, 5.41) is 2.83. The lowest BCUT2D eigenvalue weighted by Crippen LogP contribution is -2.49. The highest BCUT2D eigenvalue weighted by molar-refractivity contribution is 6.02. The molecule has 6 heteroatoms. The smallest absolute Gasteiger partial charge is 0.255 e. The Bertz CT molecular complexity index is 1300. The van der Waals surface area contributed by atoms with Gasteiger partial charge in [-0.15, -0.1) is 0 Å². The number of likely N-dealkylation sites (tertiary alicyclic amines) is 1. The van der Waals surface area contributed by atoms with Crippen molar-refractivity contribution < 1.29 is 14.3 Å². The van der Waals surface area contributed by atoms with E-state index in [0.717, 1.165) is 48.9 Å². The van der Waals surface area contributed by atoms with E-state index >= 15 is 0 Å². The fourth-order valence-corrected chi connectivity index (χ4v) is 7.99. The number of hydrogen-bond acceptors (Lipinski definition) is 4. The van der Waals surface area contributed by atoms with Gasteiger partial charge in [0.1, 0.15) is 11.8 Å². The Morgan fingerprint density at radius 3 is 2.64 bits per heavy atom. The molecule has 5 aliphatic rings. The van der Waals surface area contributed by atoms with Crippen LogP contribution in [0.4, 0.5) is 0 Å². The van der Waals surface area contributed by atoms with E-state index in [1.165, 1.54) is 43.4 Å². The largest absolute Gasteiger partial charge is 0.492 e. The van der Waals surface area contributed by atoms with Crippen LogP contribution in [0.5, 0.6) is 5.75 Å². The Labute approximate surface area is 231 Å². The fourth-order valence-electron chi connectivity index (χ4n) is 7.99. The van der Waals surface area contributed by atoms with Gasteiger partial charge in [0.05, 0.1) is 13.2 Å². The molecular weight excluding hydrogens is 486 g/mol. The van der Waals surface area contributed by atoms with Gasteiger partial charge in [0.2, 0.25) is 5.91 Å². The molecule has 204 valence electrons. The van der Waals surface area contributed by atoms with E-state index in [0.29, 0.717) is 37.5 Å². The maximum Gasteiger partial charge on any atom is 0.255 e. The molecule has 6 nitrogen and oxygen atoms in total. The molecule has 4 heterocycles. The lowest BCUT2D eigenvalue weighted by molar-refractivity contribution is -0.126. The molecule has 7 rings (SSSR count). The van der Waals surface area contributed by atoms with Gasteiger partial charge in [-0.2, -0.15) is 0 Å². The minimum atomic E-state index is -0.439. The van der Waals surface area contributed by atoms with Gasteiger partial charge in [-0.05, 0) is 81.5 Å². The molecular formula is C33H39N3O3. The highest BCUT2D eigenvalue weighted by Gasteiger charge is 2.47. The predicted octanol–water partition coefficient (Wildman–Crippen LogP) is 5.13. The fraction of sp³-hybridized carbons (Fsp3) is 0.515. The van der Waals surface area contributed by atoms with Crippen molar-refractivity contribution in [3.63, 3.8) is 0 Å².